The van der Waals surface area contributed by atoms with E-state index in [-0.39, 0.29) is 12.8 Å². The molecule has 1 N–H and O–H groups in total. The molecule has 0 amide bonds. The number of aliphatic hydroxyl groups excluding tert-OH is 1. The molecular formula is C14H21F3N4O. The van der Waals surface area contributed by atoms with Gasteiger partial charge in [0.2, 0.25) is 0 Å². The first-order valence-corrected chi connectivity index (χ1v) is 7.76. The standard InChI is InChI=1S/C14H21F3N4O/c15-14(16,17)13(10-22)4-7-20(8-5-13)9-12-19-18-11-3-1-2-6-21(11)12/h22H,1-10H2. The smallest absolute Gasteiger partial charge is 0.395 e. The molecule has 8 heteroatoms. The molecule has 0 atom stereocenters. The zero-order valence-electron chi connectivity index (χ0n) is 12.4. The van der Waals surface area contributed by atoms with Crippen molar-refractivity contribution in [3.05, 3.63) is 11.6 Å². The van der Waals surface area contributed by atoms with E-state index in [0.717, 1.165) is 37.5 Å². The van der Waals surface area contributed by atoms with E-state index in [1.54, 1.807) is 0 Å². The molecule has 2 aliphatic rings. The molecule has 0 bridgehead atoms. The van der Waals surface area contributed by atoms with Crippen LogP contribution in [-0.2, 0) is 19.5 Å². The van der Waals surface area contributed by atoms with Crippen molar-refractivity contribution in [3.63, 3.8) is 0 Å². The van der Waals surface area contributed by atoms with Gasteiger partial charge in [0.1, 0.15) is 11.6 Å². The van der Waals surface area contributed by atoms with Crippen molar-refractivity contribution < 1.29 is 18.3 Å². The van der Waals surface area contributed by atoms with Crippen molar-refractivity contribution in [2.75, 3.05) is 19.7 Å². The zero-order chi connectivity index (χ0) is 15.8. The summed E-state index contributed by atoms with van der Waals surface area (Å²) in [6.45, 7) is 1.25. The minimum atomic E-state index is -4.35. The maximum Gasteiger partial charge on any atom is 0.396 e. The zero-order valence-corrected chi connectivity index (χ0v) is 12.4. The van der Waals surface area contributed by atoms with Crippen LogP contribution in [0.15, 0.2) is 0 Å². The van der Waals surface area contributed by atoms with Gasteiger partial charge >= 0.3 is 6.18 Å². The van der Waals surface area contributed by atoms with Crippen LogP contribution >= 0.6 is 0 Å². The maximum absolute atomic E-state index is 13.1. The van der Waals surface area contributed by atoms with Crippen molar-refractivity contribution in [2.24, 2.45) is 5.41 Å². The predicted octanol–water partition coefficient (Wildman–Crippen LogP) is 1.75. The number of aromatic nitrogens is 3. The summed E-state index contributed by atoms with van der Waals surface area (Å²) >= 11 is 0. The Bertz CT molecular complexity index is 521. The number of hydrogen-bond acceptors (Lipinski definition) is 4. The first-order chi connectivity index (χ1) is 10.5. The molecule has 0 aliphatic carbocycles. The number of alkyl halides is 3. The lowest BCUT2D eigenvalue weighted by molar-refractivity contribution is -0.249. The van der Waals surface area contributed by atoms with Crippen LogP contribution in [0, 0.1) is 5.41 Å². The SMILES string of the molecule is OCC1(C(F)(F)F)CCN(Cc2nnc3n2CCCC3)CC1. The van der Waals surface area contributed by atoms with Gasteiger partial charge in [0.05, 0.1) is 18.6 Å². The second kappa shape index (κ2) is 5.81. The Labute approximate surface area is 127 Å². The van der Waals surface area contributed by atoms with Gasteiger partial charge < -0.3 is 9.67 Å². The number of halogens is 3. The van der Waals surface area contributed by atoms with Crippen LogP contribution in [0.3, 0.4) is 0 Å². The van der Waals surface area contributed by atoms with E-state index in [9.17, 15) is 18.3 Å². The molecule has 1 aromatic rings. The van der Waals surface area contributed by atoms with Crippen molar-refractivity contribution in [1.82, 2.24) is 19.7 Å². The fraction of sp³-hybridized carbons (Fsp3) is 0.857. The van der Waals surface area contributed by atoms with Gasteiger partial charge in [-0.1, -0.05) is 0 Å². The Balaban J connectivity index is 1.64. The molecule has 0 unspecified atom stereocenters. The normalized spacial score (nSPS) is 22.5. The quantitative estimate of drug-likeness (QED) is 0.922. The van der Waals surface area contributed by atoms with Gasteiger partial charge in [-0.05, 0) is 38.8 Å². The number of hydrogen-bond donors (Lipinski definition) is 1. The van der Waals surface area contributed by atoms with Gasteiger partial charge in [-0.2, -0.15) is 13.2 Å². The predicted molar refractivity (Wildman–Crippen MR) is 73.0 cm³/mol. The monoisotopic (exact) mass is 318 g/mol. The van der Waals surface area contributed by atoms with E-state index < -0.39 is 18.2 Å². The number of piperidine rings is 1. The number of nitrogens with zero attached hydrogens (tertiary/aromatic N) is 4. The van der Waals surface area contributed by atoms with E-state index in [0.29, 0.717) is 19.6 Å². The summed E-state index contributed by atoms with van der Waals surface area (Å²) in [7, 11) is 0. The molecular weight excluding hydrogens is 297 g/mol. The molecule has 124 valence electrons. The highest BCUT2D eigenvalue weighted by Crippen LogP contribution is 2.45. The van der Waals surface area contributed by atoms with Gasteiger partial charge in [-0.15, -0.1) is 10.2 Å². The third-order valence-electron chi connectivity index (χ3n) is 5.02. The van der Waals surface area contributed by atoms with Crippen LogP contribution in [0.25, 0.3) is 0 Å². The molecule has 0 spiro atoms. The van der Waals surface area contributed by atoms with Gasteiger partial charge in [0, 0.05) is 13.0 Å². The molecule has 1 fully saturated rings. The van der Waals surface area contributed by atoms with Crippen LogP contribution in [-0.4, -0.2) is 50.6 Å². The lowest BCUT2D eigenvalue weighted by Crippen LogP contribution is -2.50. The molecule has 22 heavy (non-hydrogen) atoms. The summed E-state index contributed by atoms with van der Waals surface area (Å²) in [5, 5.41) is 17.6. The number of rotatable bonds is 3. The summed E-state index contributed by atoms with van der Waals surface area (Å²) in [6.07, 6.45) is -1.33. The average molecular weight is 318 g/mol. The highest BCUT2D eigenvalue weighted by atomic mass is 19.4. The number of aryl methyl sites for hydroxylation is 1. The summed E-state index contributed by atoms with van der Waals surface area (Å²) in [5.41, 5.74) is -1.94. The van der Waals surface area contributed by atoms with Crippen molar-refractivity contribution in [2.45, 2.75) is 51.4 Å². The molecule has 5 nitrogen and oxygen atoms in total. The van der Waals surface area contributed by atoms with Gasteiger partial charge in [0.25, 0.3) is 0 Å². The maximum atomic E-state index is 13.1. The van der Waals surface area contributed by atoms with Gasteiger partial charge in [-0.25, -0.2) is 0 Å². The minimum absolute atomic E-state index is 0.0615. The van der Waals surface area contributed by atoms with E-state index in [2.05, 4.69) is 14.8 Å². The fourth-order valence-corrected chi connectivity index (χ4v) is 3.36. The number of aliphatic hydroxyl groups is 1. The van der Waals surface area contributed by atoms with E-state index in [1.807, 2.05) is 4.90 Å². The van der Waals surface area contributed by atoms with Crippen LogP contribution in [0.5, 0.6) is 0 Å². The van der Waals surface area contributed by atoms with Crippen molar-refractivity contribution in [3.8, 4) is 0 Å². The van der Waals surface area contributed by atoms with Crippen molar-refractivity contribution >= 4 is 0 Å². The fourth-order valence-electron chi connectivity index (χ4n) is 3.36. The van der Waals surface area contributed by atoms with E-state index in [1.165, 1.54) is 0 Å². The first kappa shape index (κ1) is 15.7. The molecule has 0 saturated carbocycles. The Morgan fingerprint density at radius 1 is 1.09 bits per heavy atom. The average Bonchev–Trinajstić information content (AvgIpc) is 2.90. The molecule has 0 aromatic carbocycles. The highest BCUT2D eigenvalue weighted by molar-refractivity contribution is 5.00. The molecule has 1 aromatic heterocycles. The largest absolute Gasteiger partial charge is 0.396 e. The molecule has 2 aliphatic heterocycles. The molecule has 3 rings (SSSR count). The summed E-state index contributed by atoms with van der Waals surface area (Å²) in [5.74, 6) is 1.83. The van der Waals surface area contributed by atoms with E-state index in [4.69, 9.17) is 0 Å². The molecule has 1 saturated heterocycles. The van der Waals surface area contributed by atoms with Gasteiger partial charge in [0.15, 0.2) is 0 Å². The number of fused-ring (bicyclic) bond motifs is 1. The van der Waals surface area contributed by atoms with Crippen molar-refractivity contribution in [1.29, 1.82) is 0 Å². The summed E-state index contributed by atoms with van der Waals surface area (Å²) in [4.78, 5) is 1.98. The number of likely N-dealkylation sites (tertiary alicyclic amines) is 1. The third kappa shape index (κ3) is 2.74. The summed E-state index contributed by atoms with van der Waals surface area (Å²) < 4.78 is 41.5. The van der Waals surface area contributed by atoms with Crippen LogP contribution in [0.1, 0.15) is 37.3 Å². The summed E-state index contributed by atoms with van der Waals surface area (Å²) in [6, 6.07) is 0. The third-order valence-corrected chi connectivity index (χ3v) is 5.02. The van der Waals surface area contributed by atoms with Crippen LogP contribution < -0.4 is 0 Å². The topological polar surface area (TPSA) is 54.2 Å². The molecule has 0 radical (unpaired) electrons. The Kier molecular flexibility index (Phi) is 4.15. The lowest BCUT2D eigenvalue weighted by atomic mass is 9.78. The van der Waals surface area contributed by atoms with E-state index >= 15 is 0 Å². The highest BCUT2D eigenvalue weighted by Gasteiger charge is 2.55. The first-order valence-electron chi connectivity index (χ1n) is 7.76. The van der Waals surface area contributed by atoms with Crippen LogP contribution in [0.4, 0.5) is 13.2 Å². The molecule has 3 heterocycles. The minimum Gasteiger partial charge on any atom is -0.395 e. The Morgan fingerprint density at radius 3 is 2.45 bits per heavy atom. The van der Waals surface area contributed by atoms with Crippen LogP contribution in [0.2, 0.25) is 0 Å². The second-order valence-electron chi connectivity index (χ2n) is 6.35. The second-order valence-corrected chi connectivity index (χ2v) is 6.35. The Hall–Kier alpha value is -1.15. The van der Waals surface area contributed by atoms with Gasteiger partial charge in [-0.3, -0.25) is 4.90 Å². The Morgan fingerprint density at radius 2 is 1.82 bits per heavy atom. The lowest BCUT2D eigenvalue weighted by Gasteiger charge is -2.41.